The third-order valence-corrected chi connectivity index (χ3v) is 18.7. The van der Waals surface area contributed by atoms with Gasteiger partial charge in [-0.3, -0.25) is 19.2 Å². The Bertz CT molecular complexity index is 4700. The molecule has 0 bridgehead atoms. The largest absolute Gasteiger partial charge is 0.268 e. The van der Waals surface area contributed by atoms with Crippen molar-refractivity contribution in [3.05, 3.63) is 212 Å². The third kappa shape index (κ3) is 7.85. The van der Waals surface area contributed by atoms with Crippen LogP contribution in [0.15, 0.2) is 135 Å². The summed E-state index contributed by atoms with van der Waals surface area (Å²) in [5.41, 5.74) is 25.2. The number of hydrogen-bond acceptors (Lipinski definition) is 4. The number of carbonyl (C=O) groups excluding carboxylic acids is 4. The number of anilines is 2. The molecule has 416 valence electrons. The number of amides is 4. The Labute approximate surface area is 497 Å². The maximum atomic E-state index is 15.0. The van der Waals surface area contributed by atoms with Gasteiger partial charge in [0.1, 0.15) is 0 Å². The van der Waals surface area contributed by atoms with Gasteiger partial charge in [0.15, 0.2) is 0 Å². The molecule has 85 heavy (non-hydrogen) atoms. The summed E-state index contributed by atoms with van der Waals surface area (Å²) in [6.07, 6.45) is 6.47. The van der Waals surface area contributed by atoms with Crippen molar-refractivity contribution in [2.24, 2.45) is 0 Å². The van der Waals surface area contributed by atoms with Gasteiger partial charge in [-0.1, -0.05) is 146 Å². The summed E-state index contributed by atoms with van der Waals surface area (Å²) in [5, 5.41) is 5.54. The van der Waals surface area contributed by atoms with E-state index in [2.05, 4.69) is 178 Å². The van der Waals surface area contributed by atoms with E-state index in [1.165, 1.54) is 20.9 Å². The normalized spacial score (nSPS) is 14.3. The first kappa shape index (κ1) is 53.6. The van der Waals surface area contributed by atoms with Gasteiger partial charge in [-0.05, 0) is 245 Å². The van der Waals surface area contributed by atoms with Crippen molar-refractivity contribution in [3.63, 3.8) is 0 Å². The van der Waals surface area contributed by atoms with E-state index in [4.69, 9.17) is 0 Å². The first-order valence-corrected chi connectivity index (χ1v) is 30.0. The molecule has 0 saturated heterocycles. The minimum atomic E-state index is -0.300. The molecule has 14 rings (SSSR count). The molecule has 0 spiro atoms. The molecular formula is C79H66N2O4. The van der Waals surface area contributed by atoms with Crippen molar-refractivity contribution in [1.29, 1.82) is 0 Å². The number of rotatable bonds is 12. The highest BCUT2D eigenvalue weighted by Gasteiger charge is 2.42. The zero-order valence-electron chi connectivity index (χ0n) is 50.1. The van der Waals surface area contributed by atoms with Crippen molar-refractivity contribution in [3.8, 4) is 56.3 Å². The molecule has 6 heteroatoms. The number of benzene rings is 9. The highest BCUT2D eigenvalue weighted by Crippen LogP contribution is 2.55. The third-order valence-electron chi connectivity index (χ3n) is 18.7. The van der Waals surface area contributed by atoms with Gasteiger partial charge in [-0.25, -0.2) is 9.80 Å². The van der Waals surface area contributed by atoms with Gasteiger partial charge in [0.05, 0.1) is 11.4 Å². The molecule has 9 aromatic carbocycles. The smallest absolute Gasteiger partial charge is 0.266 e. The van der Waals surface area contributed by atoms with E-state index in [9.17, 15) is 19.2 Å². The van der Waals surface area contributed by atoms with E-state index in [-0.39, 0.29) is 47.3 Å². The van der Waals surface area contributed by atoms with Gasteiger partial charge in [0.25, 0.3) is 23.6 Å². The van der Waals surface area contributed by atoms with Crippen molar-refractivity contribution in [1.82, 2.24) is 0 Å². The van der Waals surface area contributed by atoms with Crippen LogP contribution in [-0.2, 0) is 6.42 Å². The summed E-state index contributed by atoms with van der Waals surface area (Å²) in [4.78, 5) is 62.8. The Balaban J connectivity index is 0.774. The molecule has 0 fully saturated rings. The molecule has 2 aliphatic heterocycles. The lowest BCUT2D eigenvalue weighted by molar-refractivity contribution is 0.0877. The van der Waals surface area contributed by atoms with Crippen LogP contribution in [0.25, 0.3) is 100 Å². The fourth-order valence-electron chi connectivity index (χ4n) is 14.3. The summed E-state index contributed by atoms with van der Waals surface area (Å²) in [7, 11) is 0. The van der Waals surface area contributed by atoms with Gasteiger partial charge in [-0.2, -0.15) is 0 Å². The van der Waals surface area contributed by atoms with Gasteiger partial charge >= 0.3 is 0 Å². The maximum absolute atomic E-state index is 15.0. The van der Waals surface area contributed by atoms with Crippen LogP contribution in [0, 0.1) is 11.8 Å². The summed E-state index contributed by atoms with van der Waals surface area (Å²) < 4.78 is 0. The Morgan fingerprint density at radius 3 is 1.22 bits per heavy atom. The molecule has 0 aromatic heterocycles. The minimum absolute atomic E-state index is 0.0567. The lowest BCUT2D eigenvalue weighted by Gasteiger charge is -2.33. The highest BCUT2D eigenvalue weighted by atomic mass is 16.2. The molecule has 3 aliphatic carbocycles. The van der Waals surface area contributed by atoms with Gasteiger partial charge in [0, 0.05) is 45.0 Å². The van der Waals surface area contributed by atoms with Crippen molar-refractivity contribution < 1.29 is 19.2 Å². The SMILES string of the molecule is C=Cc1cc2cc3c(cc2cc1CCC1=Cc2cc4c(cc2C#CC1)-c1ccc2c5c(ccc-4c15)C(=O)N(c1c(C(C)C)cc(C(=C)C)cc1C(C)C)C2=O)-c1ccc2c4c(ccc-3c14)C(=O)N(c1c(C(C)C)cc(C(=C)C)cc1C(C)C)C2=O. The predicted octanol–water partition coefficient (Wildman–Crippen LogP) is 20.0. The molecule has 0 saturated carbocycles. The molecular weight excluding hydrogens is 1040 g/mol. The van der Waals surface area contributed by atoms with E-state index in [1.54, 1.807) is 0 Å². The quantitative estimate of drug-likeness (QED) is 0.0902. The van der Waals surface area contributed by atoms with Crippen LogP contribution < -0.4 is 9.80 Å². The van der Waals surface area contributed by atoms with Crippen LogP contribution in [0.5, 0.6) is 0 Å². The summed E-state index contributed by atoms with van der Waals surface area (Å²) in [6, 6.07) is 37.9. The predicted molar refractivity (Wildman–Crippen MR) is 353 cm³/mol. The van der Waals surface area contributed by atoms with Crippen molar-refractivity contribution >= 4 is 90.6 Å². The average Bonchev–Trinajstić information content (AvgIpc) is 1.74. The number of carbonyl (C=O) groups is 4. The Morgan fingerprint density at radius 1 is 0.471 bits per heavy atom. The fourth-order valence-corrected chi connectivity index (χ4v) is 14.3. The molecule has 4 amide bonds. The topological polar surface area (TPSA) is 74.8 Å². The van der Waals surface area contributed by atoms with Gasteiger partial charge in [0.2, 0.25) is 0 Å². The molecule has 6 nitrogen and oxygen atoms in total. The Kier molecular flexibility index (Phi) is 12.2. The summed E-state index contributed by atoms with van der Waals surface area (Å²) in [6.45, 7) is 33.6. The van der Waals surface area contributed by atoms with Crippen LogP contribution in [0.4, 0.5) is 11.4 Å². The number of imide groups is 2. The summed E-state index contributed by atoms with van der Waals surface area (Å²) >= 11 is 0. The monoisotopic (exact) mass is 1110 g/mol. The van der Waals surface area contributed by atoms with E-state index in [0.717, 1.165) is 151 Å². The zero-order valence-corrected chi connectivity index (χ0v) is 50.1. The van der Waals surface area contributed by atoms with E-state index < -0.39 is 0 Å². The number of allylic oxidation sites excluding steroid dienone is 3. The molecule has 0 atom stereocenters. The number of nitrogens with zero attached hydrogens (tertiary/aromatic N) is 2. The molecule has 0 radical (unpaired) electrons. The standard InChI is InChI=1S/C79H66N2O4/c1-14-46-29-52-37-68-56-22-26-60-73-61(79(85)81(78(60)84)75-64(43(10)11)34-50(40(4)5)35-65(75)44(12)13)27-23-57(71(56)73)69(68)38-53(52)30-48(46)19-18-45-16-15-17-47-31-66-54-20-24-58-72-59(25-21-55(70(54)72)67(66)36-51(47)28-45)77(83)80(76(58)82)74-62(41(6)7)32-49(39(2)3)33-63(74)42(8)9/h14,20-38,41-44H,1-2,4,16,18-19H2,3,5-13H3. The number of fused-ring (bicyclic) bond motifs is 8. The molecule has 9 aromatic rings. The second-order valence-electron chi connectivity index (χ2n) is 25.5. The lowest BCUT2D eigenvalue weighted by Crippen LogP contribution is -2.41. The molecule has 2 heterocycles. The summed E-state index contributed by atoms with van der Waals surface area (Å²) in [5.74, 6) is 6.05. The zero-order chi connectivity index (χ0) is 59.5. The maximum Gasteiger partial charge on any atom is 0.266 e. The first-order chi connectivity index (χ1) is 40.7. The van der Waals surface area contributed by atoms with Gasteiger partial charge in [-0.15, -0.1) is 0 Å². The number of aryl methyl sites for hydroxylation is 1. The van der Waals surface area contributed by atoms with Crippen LogP contribution in [0.1, 0.15) is 203 Å². The highest BCUT2D eigenvalue weighted by molar-refractivity contribution is 6.40. The molecule has 5 aliphatic rings. The lowest BCUT2D eigenvalue weighted by atomic mass is 9.85. The van der Waals surface area contributed by atoms with Crippen LogP contribution in [-0.4, -0.2) is 23.6 Å². The Morgan fingerprint density at radius 2 is 0.835 bits per heavy atom. The van der Waals surface area contributed by atoms with Crippen molar-refractivity contribution in [2.45, 2.75) is 112 Å². The van der Waals surface area contributed by atoms with E-state index in [0.29, 0.717) is 40.0 Å². The number of hydrogen-bond donors (Lipinski definition) is 0. The Hall–Kier alpha value is -9.44. The molecule has 0 N–H and O–H groups in total. The first-order valence-electron chi connectivity index (χ1n) is 30.0. The van der Waals surface area contributed by atoms with Gasteiger partial charge < -0.3 is 0 Å². The minimum Gasteiger partial charge on any atom is -0.268 e. The van der Waals surface area contributed by atoms with E-state index in [1.807, 2.05) is 44.2 Å². The van der Waals surface area contributed by atoms with Crippen molar-refractivity contribution in [2.75, 3.05) is 9.80 Å². The fraction of sp³-hybridized carbons (Fsp3) is 0.215. The molecule has 0 unspecified atom stereocenters. The van der Waals surface area contributed by atoms with E-state index >= 15 is 0 Å². The van der Waals surface area contributed by atoms with Crippen LogP contribution in [0.2, 0.25) is 0 Å². The van der Waals surface area contributed by atoms with Crippen LogP contribution in [0.3, 0.4) is 0 Å². The second kappa shape index (κ2) is 19.3. The van der Waals surface area contributed by atoms with Crippen LogP contribution >= 0.6 is 0 Å². The average molecular weight is 1110 g/mol. The second-order valence-corrected chi connectivity index (χ2v) is 25.5.